The molecule has 6 heteroatoms. The maximum atomic E-state index is 11.3. The summed E-state index contributed by atoms with van der Waals surface area (Å²) in [6.45, 7) is 0.898. The van der Waals surface area contributed by atoms with Gasteiger partial charge in [0.15, 0.2) is 6.29 Å². The second-order valence-electron chi connectivity index (χ2n) is 8.98. The minimum absolute atomic E-state index is 0.0634. The predicted octanol–water partition coefficient (Wildman–Crippen LogP) is 5.27. The zero-order valence-corrected chi connectivity index (χ0v) is 18.4. The van der Waals surface area contributed by atoms with E-state index in [1.807, 2.05) is 60.7 Å². The number of benzene rings is 3. The van der Waals surface area contributed by atoms with Crippen LogP contribution in [0.2, 0.25) is 0 Å². The van der Waals surface area contributed by atoms with Crippen LogP contribution in [0.15, 0.2) is 77.6 Å². The Morgan fingerprint density at radius 1 is 1.09 bits per heavy atom. The second kappa shape index (κ2) is 8.30. The molecule has 3 aromatic carbocycles. The molecule has 170 valence electrons. The Balaban J connectivity index is 1.24. The van der Waals surface area contributed by atoms with Crippen molar-refractivity contribution in [3.8, 4) is 22.9 Å². The molecule has 6 rings (SSSR count). The lowest BCUT2D eigenvalue weighted by Crippen LogP contribution is -2.39. The maximum absolute atomic E-state index is 11.3. The molecule has 34 heavy (non-hydrogen) atoms. The summed E-state index contributed by atoms with van der Waals surface area (Å²) in [5, 5.41) is 22.7. The summed E-state index contributed by atoms with van der Waals surface area (Å²) < 4.78 is 22.6. The molecule has 0 radical (unpaired) electrons. The van der Waals surface area contributed by atoms with Crippen LogP contribution in [0.25, 0.3) is 21.9 Å². The predicted molar refractivity (Wildman–Crippen MR) is 125 cm³/mol. The minimum Gasteiger partial charge on any atom is -0.489 e. The van der Waals surface area contributed by atoms with Gasteiger partial charge in [-0.15, -0.1) is 0 Å². The van der Waals surface area contributed by atoms with E-state index in [4.69, 9.17) is 18.6 Å². The van der Waals surface area contributed by atoms with E-state index in [1.165, 1.54) is 0 Å². The van der Waals surface area contributed by atoms with Gasteiger partial charge in [-0.3, -0.25) is 0 Å². The lowest BCUT2D eigenvalue weighted by molar-refractivity contribution is -0.159. The Hall–Kier alpha value is -3.63. The summed E-state index contributed by atoms with van der Waals surface area (Å²) >= 11 is 0. The molecule has 0 aliphatic carbocycles. The first-order chi connectivity index (χ1) is 16.6. The third-order valence-corrected chi connectivity index (χ3v) is 6.64. The highest BCUT2D eigenvalue weighted by Crippen LogP contribution is 2.41. The van der Waals surface area contributed by atoms with Crippen LogP contribution in [0, 0.1) is 11.3 Å². The molecular weight excluding hydrogens is 430 g/mol. The van der Waals surface area contributed by atoms with E-state index >= 15 is 0 Å². The lowest BCUT2D eigenvalue weighted by atomic mass is 9.83. The molecule has 0 spiro atoms. The first-order valence-corrected chi connectivity index (χ1v) is 11.3. The molecule has 1 aromatic heterocycles. The van der Waals surface area contributed by atoms with E-state index in [1.54, 1.807) is 12.5 Å². The van der Waals surface area contributed by atoms with Crippen molar-refractivity contribution in [2.45, 2.75) is 37.4 Å². The Morgan fingerprint density at radius 2 is 2.03 bits per heavy atom. The van der Waals surface area contributed by atoms with Gasteiger partial charge in [0.25, 0.3) is 0 Å². The highest BCUT2D eigenvalue weighted by molar-refractivity contribution is 5.98. The number of nitrogens with zero attached hydrogens (tertiary/aromatic N) is 1. The van der Waals surface area contributed by atoms with Gasteiger partial charge in [0.1, 0.15) is 12.4 Å². The summed E-state index contributed by atoms with van der Waals surface area (Å²) in [7, 11) is 0. The number of furan rings is 1. The molecule has 2 bridgehead atoms. The Morgan fingerprint density at radius 3 is 2.85 bits per heavy atom. The van der Waals surface area contributed by atoms with Crippen molar-refractivity contribution in [1.29, 1.82) is 5.26 Å². The van der Waals surface area contributed by atoms with E-state index in [9.17, 15) is 10.4 Å². The Labute approximate surface area is 196 Å². The average Bonchev–Trinajstić information content (AvgIpc) is 3.52. The van der Waals surface area contributed by atoms with Gasteiger partial charge < -0.3 is 23.7 Å². The average molecular weight is 453 g/mol. The number of fused-ring (bicyclic) bond motifs is 3. The molecule has 2 fully saturated rings. The molecule has 2 saturated heterocycles. The zero-order valence-electron chi connectivity index (χ0n) is 18.4. The Bertz CT molecular complexity index is 1380. The van der Waals surface area contributed by atoms with Crippen molar-refractivity contribution < 1.29 is 23.7 Å². The largest absolute Gasteiger partial charge is 0.489 e. The third-order valence-electron chi connectivity index (χ3n) is 6.64. The third kappa shape index (κ3) is 3.84. The maximum Gasteiger partial charge on any atom is 0.161 e. The number of hydrogen-bond acceptors (Lipinski definition) is 6. The van der Waals surface area contributed by atoms with Crippen LogP contribution >= 0.6 is 0 Å². The Kier molecular flexibility index (Phi) is 5.11. The van der Waals surface area contributed by atoms with Crippen LogP contribution in [-0.2, 0) is 21.7 Å². The molecule has 1 N–H and O–H groups in total. The van der Waals surface area contributed by atoms with Crippen molar-refractivity contribution in [3.05, 3.63) is 89.9 Å². The van der Waals surface area contributed by atoms with E-state index in [0.29, 0.717) is 37.4 Å². The van der Waals surface area contributed by atoms with Gasteiger partial charge in [-0.2, -0.15) is 5.26 Å². The normalized spacial score (nSPS) is 23.6. The van der Waals surface area contributed by atoms with E-state index in [-0.39, 0.29) is 12.4 Å². The standard InChI is InChI=1S/C28H23NO5/c29-14-19-8-21-11-23(4-5-25(21)26(10-19)20-6-7-31-16-20)32-15-18-2-1-3-22(9-18)28(30)12-24-17-33-27(13-28)34-24/h1-11,16,24,27,30H,12-13,15,17H2/t24-,27+,28-/m0/s1. The van der Waals surface area contributed by atoms with E-state index in [0.717, 1.165) is 33.0 Å². The van der Waals surface area contributed by atoms with Gasteiger partial charge in [-0.05, 0) is 63.9 Å². The smallest absolute Gasteiger partial charge is 0.161 e. The van der Waals surface area contributed by atoms with Crippen LogP contribution in [0.3, 0.4) is 0 Å². The summed E-state index contributed by atoms with van der Waals surface area (Å²) in [6, 6.07) is 21.6. The lowest BCUT2D eigenvalue weighted by Gasteiger charge is -2.35. The fourth-order valence-electron chi connectivity index (χ4n) is 4.97. The monoisotopic (exact) mass is 453 g/mol. The molecule has 4 aromatic rings. The molecule has 3 atom stereocenters. The van der Waals surface area contributed by atoms with Crippen LogP contribution in [0.1, 0.15) is 29.5 Å². The summed E-state index contributed by atoms with van der Waals surface area (Å²) in [4.78, 5) is 0. The van der Waals surface area contributed by atoms with Crippen molar-refractivity contribution in [3.63, 3.8) is 0 Å². The van der Waals surface area contributed by atoms with E-state index in [2.05, 4.69) is 6.07 Å². The van der Waals surface area contributed by atoms with Gasteiger partial charge in [-0.25, -0.2) is 0 Å². The molecule has 2 aliphatic heterocycles. The molecule has 3 heterocycles. The van der Waals surface area contributed by atoms with Crippen LogP contribution in [0.5, 0.6) is 5.75 Å². The highest BCUT2D eigenvalue weighted by Gasteiger charge is 2.45. The fraction of sp³-hybridized carbons (Fsp3) is 0.250. The van der Waals surface area contributed by atoms with E-state index < -0.39 is 5.60 Å². The highest BCUT2D eigenvalue weighted by atomic mass is 16.7. The second-order valence-corrected chi connectivity index (χ2v) is 8.98. The summed E-state index contributed by atoms with van der Waals surface area (Å²) in [6.07, 6.45) is 3.85. The number of nitriles is 1. The number of aliphatic hydroxyl groups is 1. The van der Waals surface area contributed by atoms with Gasteiger partial charge in [0, 0.05) is 18.4 Å². The van der Waals surface area contributed by atoms with Gasteiger partial charge >= 0.3 is 0 Å². The topological polar surface area (TPSA) is 84.9 Å². The first-order valence-electron chi connectivity index (χ1n) is 11.3. The molecule has 0 unspecified atom stereocenters. The van der Waals surface area contributed by atoms with Crippen LogP contribution in [-0.4, -0.2) is 24.1 Å². The molecular formula is C28H23NO5. The molecule has 0 saturated carbocycles. The number of hydrogen-bond donors (Lipinski definition) is 1. The SMILES string of the molecule is N#Cc1cc(-c2ccoc2)c2ccc(OCc3cccc([C@]4(O)C[C@H]5CO[C@@H](C4)O5)c3)cc2c1. The van der Waals surface area contributed by atoms with Crippen LogP contribution < -0.4 is 4.74 Å². The number of rotatable bonds is 5. The first kappa shape index (κ1) is 20.9. The minimum atomic E-state index is -0.958. The van der Waals surface area contributed by atoms with Gasteiger partial charge in [-0.1, -0.05) is 24.3 Å². The number of ether oxygens (including phenoxy) is 3. The van der Waals surface area contributed by atoms with Crippen molar-refractivity contribution in [2.75, 3.05) is 6.61 Å². The molecule has 6 nitrogen and oxygen atoms in total. The zero-order chi connectivity index (χ0) is 23.1. The van der Waals surface area contributed by atoms with Gasteiger partial charge in [0.2, 0.25) is 0 Å². The molecule has 0 amide bonds. The summed E-state index contributed by atoms with van der Waals surface area (Å²) in [5.74, 6) is 0.711. The fourth-order valence-corrected chi connectivity index (χ4v) is 4.97. The summed E-state index contributed by atoms with van der Waals surface area (Å²) in [5.41, 5.74) is 3.33. The van der Waals surface area contributed by atoms with Crippen molar-refractivity contribution in [1.82, 2.24) is 0 Å². The van der Waals surface area contributed by atoms with Crippen LogP contribution in [0.4, 0.5) is 0 Å². The van der Waals surface area contributed by atoms with Gasteiger partial charge in [0.05, 0.1) is 42.5 Å². The molecule has 2 aliphatic rings. The quantitative estimate of drug-likeness (QED) is 0.443. The van der Waals surface area contributed by atoms with Crippen molar-refractivity contribution in [2.24, 2.45) is 0 Å². The van der Waals surface area contributed by atoms with Crippen molar-refractivity contribution >= 4 is 10.8 Å².